The van der Waals surface area contributed by atoms with Gasteiger partial charge in [0, 0.05) is 42.2 Å². The molecule has 21 heavy (non-hydrogen) atoms. The molecule has 106 valence electrons. The van der Waals surface area contributed by atoms with Gasteiger partial charge < -0.3 is 0 Å². The monoisotopic (exact) mass is 304 g/mol. The zero-order chi connectivity index (χ0) is 15.2. The van der Waals surface area contributed by atoms with Gasteiger partial charge in [-0.3, -0.25) is 25.2 Å². The highest BCUT2D eigenvalue weighted by atomic mass is 32.2. The van der Waals surface area contributed by atoms with Crippen LogP contribution in [0, 0.1) is 20.2 Å². The number of aromatic nitrogens is 1. The molecule has 0 aliphatic rings. The lowest BCUT2D eigenvalue weighted by atomic mass is 10.3. The van der Waals surface area contributed by atoms with E-state index in [9.17, 15) is 20.2 Å². The quantitative estimate of drug-likeness (QED) is 0.363. The molecule has 0 saturated heterocycles. The number of hydrogen-bond acceptors (Lipinski definition) is 7. The van der Waals surface area contributed by atoms with Crippen LogP contribution in [0.15, 0.2) is 52.0 Å². The first-order chi connectivity index (χ1) is 10.1. The van der Waals surface area contributed by atoms with Gasteiger partial charge in [0.2, 0.25) is 0 Å². The lowest BCUT2D eigenvalue weighted by Crippen LogP contribution is -1.94. The average molecular weight is 304 g/mol. The van der Waals surface area contributed by atoms with Crippen LogP contribution in [0.2, 0.25) is 0 Å². The molecule has 0 spiro atoms. The molecule has 0 aliphatic heterocycles. The van der Waals surface area contributed by atoms with Crippen molar-refractivity contribution in [3.05, 3.63) is 68.5 Å². The molecule has 8 nitrogen and oxygen atoms in total. The van der Waals surface area contributed by atoms with Gasteiger partial charge >= 0.3 is 0 Å². The molecule has 0 radical (unpaired) electrons. The summed E-state index contributed by atoms with van der Waals surface area (Å²) in [7, 11) is 0. The minimum absolute atomic E-state index is 0.228. The molecular weight excluding hydrogens is 296 g/mol. The van der Waals surface area contributed by atoms with Crippen LogP contribution in [0.3, 0.4) is 0 Å². The Balaban J connectivity index is 2.22. The molecular formula is C12H8N4O4S. The van der Waals surface area contributed by atoms with Crippen molar-refractivity contribution in [3.8, 4) is 0 Å². The van der Waals surface area contributed by atoms with Crippen LogP contribution in [0.1, 0.15) is 5.56 Å². The Hall–Kier alpha value is -2.81. The summed E-state index contributed by atoms with van der Waals surface area (Å²) >= 11 is 0.868. The fraction of sp³-hybridized carbons (Fsp3) is 0. The third kappa shape index (κ3) is 3.83. The molecule has 9 heteroatoms. The summed E-state index contributed by atoms with van der Waals surface area (Å²) in [5, 5.41) is 21.6. The Morgan fingerprint density at radius 3 is 2.62 bits per heavy atom. The van der Waals surface area contributed by atoms with Crippen LogP contribution in [0.5, 0.6) is 0 Å². The molecule has 0 bridgehead atoms. The van der Waals surface area contributed by atoms with Gasteiger partial charge in [-0.25, -0.2) is 4.40 Å². The summed E-state index contributed by atoms with van der Waals surface area (Å²) in [5.41, 5.74) is 0.0643. The maximum absolute atomic E-state index is 10.9. The van der Waals surface area contributed by atoms with E-state index in [1.807, 2.05) is 0 Å². The molecule has 0 fully saturated rings. The number of hydrogen-bond donors (Lipinski definition) is 0. The van der Waals surface area contributed by atoms with E-state index in [2.05, 4.69) is 9.38 Å². The number of benzene rings is 1. The predicted octanol–water partition coefficient (Wildman–Crippen LogP) is 3.02. The molecule has 1 heterocycles. The fourth-order valence-electron chi connectivity index (χ4n) is 1.44. The first-order valence-electron chi connectivity index (χ1n) is 5.61. The van der Waals surface area contributed by atoms with Crippen LogP contribution in [-0.2, 0) is 0 Å². The van der Waals surface area contributed by atoms with Crippen molar-refractivity contribution in [1.82, 2.24) is 4.98 Å². The third-order valence-electron chi connectivity index (χ3n) is 2.39. The topological polar surface area (TPSA) is 112 Å². The largest absolute Gasteiger partial charge is 0.291 e. The van der Waals surface area contributed by atoms with E-state index in [0.717, 1.165) is 23.6 Å². The number of nitro benzene ring substituents is 2. The lowest BCUT2D eigenvalue weighted by Gasteiger charge is -1.98. The van der Waals surface area contributed by atoms with E-state index in [1.165, 1.54) is 18.3 Å². The molecule has 0 unspecified atom stereocenters. The second-order valence-corrected chi connectivity index (χ2v) is 4.61. The summed E-state index contributed by atoms with van der Waals surface area (Å²) in [4.78, 5) is 24.3. The minimum atomic E-state index is -0.680. The van der Waals surface area contributed by atoms with Crippen molar-refractivity contribution in [2.45, 2.75) is 4.90 Å². The zero-order valence-corrected chi connectivity index (χ0v) is 11.3. The van der Waals surface area contributed by atoms with Crippen LogP contribution in [0.4, 0.5) is 11.4 Å². The molecule has 0 saturated carbocycles. The highest BCUT2D eigenvalue weighted by molar-refractivity contribution is 7.98. The average Bonchev–Trinajstić information content (AvgIpc) is 2.48. The van der Waals surface area contributed by atoms with Crippen molar-refractivity contribution in [1.29, 1.82) is 0 Å². The fourth-order valence-corrected chi connectivity index (χ4v) is 2.08. The summed E-state index contributed by atoms with van der Waals surface area (Å²) in [6.07, 6.45) is 4.71. The summed E-state index contributed by atoms with van der Waals surface area (Å²) in [6.45, 7) is 0. The molecule has 0 N–H and O–H groups in total. The second-order valence-electron chi connectivity index (χ2n) is 3.78. The smallest absolute Gasteiger partial charge is 0.264 e. The SMILES string of the molecule is O=[N+]([O-])c1ccc(S/N=C/c2cccnc2)c([N+](=O)[O-])c1. The van der Waals surface area contributed by atoms with Gasteiger partial charge in [-0.1, -0.05) is 6.07 Å². The van der Waals surface area contributed by atoms with Gasteiger partial charge in [0.1, 0.15) is 4.90 Å². The van der Waals surface area contributed by atoms with Gasteiger partial charge in [0.05, 0.1) is 15.9 Å². The lowest BCUT2D eigenvalue weighted by molar-refractivity contribution is -0.396. The summed E-state index contributed by atoms with van der Waals surface area (Å²) in [5.74, 6) is 0. The Kier molecular flexibility index (Phi) is 4.57. The second kappa shape index (κ2) is 6.57. The molecule has 2 aromatic rings. The number of pyridine rings is 1. The van der Waals surface area contributed by atoms with Crippen molar-refractivity contribution in [2.75, 3.05) is 0 Å². The van der Waals surface area contributed by atoms with Gasteiger partial charge in [0.25, 0.3) is 11.4 Å². The van der Waals surface area contributed by atoms with Crippen LogP contribution in [0.25, 0.3) is 0 Å². The van der Waals surface area contributed by atoms with Gasteiger partial charge in [-0.2, -0.15) is 0 Å². The third-order valence-corrected chi connectivity index (χ3v) is 3.14. The van der Waals surface area contributed by atoms with E-state index in [4.69, 9.17) is 0 Å². The highest BCUT2D eigenvalue weighted by Crippen LogP contribution is 2.32. The standard InChI is InChI=1S/C12H8N4O4S/c17-15(18)10-3-4-12(11(6-10)16(19)20)21-14-8-9-2-1-5-13-7-9/h1-8H/b14-8+. The van der Waals surface area contributed by atoms with E-state index in [-0.39, 0.29) is 16.3 Å². The Labute approximate surface area is 123 Å². The van der Waals surface area contributed by atoms with Gasteiger partial charge in [-0.15, -0.1) is 0 Å². The number of nitro groups is 2. The first kappa shape index (κ1) is 14.6. The van der Waals surface area contributed by atoms with Crippen LogP contribution < -0.4 is 0 Å². The normalized spacial score (nSPS) is 10.7. The maximum atomic E-state index is 10.9. The van der Waals surface area contributed by atoms with Crippen molar-refractivity contribution in [2.24, 2.45) is 4.40 Å². The number of rotatable bonds is 5. The molecule has 1 aromatic heterocycles. The van der Waals surface area contributed by atoms with E-state index in [1.54, 1.807) is 24.5 Å². The predicted molar refractivity (Wildman–Crippen MR) is 77.4 cm³/mol. The van der Waals surface area contributed by atoms with E-state index in [0.29, 0.717) is 0 Å². The molecule has 1 aromatic carbocycles. The highest BCUT2D eigenvalue weighted by Gasteiger charge is 2.19. The van der Waals surface area contributed by atoms with Crippen molar-refractivity contribution >= 4 is 29.5 Å². The summed E-state index contributed by atoms with van der Waals surface area (Å²) < 4.78 is 4.01. The maximum Gasteiger partial charge on any atom is 0.291 e. The molecule has 2 rings (SSSR count). The van der Waals surface area contributed by atoms with E-state index >= 15 is 0 Å². The Morgan fingerprint density at radius 2 is 2.00 bits per heavy atom. The zero-order valence-electron chi connectivity index (χ0n) is 10.4. The molecule has 0 atom stereocenters. The van der Waals surface area contributed by atoms with Crippen LogP contribution in [-0.4, -0.2) is 21.0 Å². The minimum Gasteiger partial charge on any atom is -0.264 e. The van der Waals surface area contributed by atoms with Crippen molar-refractivity contribution < 1.29 is 9.85 Å². The first-order valence-corrected chi connectivity index (χ1v) is 6.38. The number of nitrogens with zero attached hydrogens (tertiary/aromatic N) is 4. The number of non-ortho nitro benzene ring substituents is 1. The van der Waals surface area contributed by atoms with Crippen molar-refractivity contribution in [3.63, 3.8) is 0 Å². The molecule has 0 aliphatic carbocycles. The Bertz CT molecular complexity index is 706. The van der Waals surface area contributed by atoms with Crippen LogP contribution >= 0.6 is 11.9 Å². The Morgan fingerprint density at radius 1 is 1.19 bits per heavy atom. The van der Waals surface area contributed by atoms with E-state index < -0.39 is 9.85 Å². The van der Waals surface area contributed by atoms with Gasteiger partial charge in [-0.05, 0) is 12.1 Å². The summed E-state index contributed by atoms with van der Waals surface area (Å²) in [6, 6.07) is 6.94. The van der Waals surface area contributed by atoms with Gasteiger partial charge in [0.15, 0.2) is 0 Å². The molecule has 0 amide bonds.